The number of halogens is 3. The zero-order valence-electron chi connectivity index (χ0n) is 15.9. The number of benzene rings is 1. The molecule has 2 aliphatic heterocycles. The second-order valence-corrected chi connectivity index (χ2v) is 6.73. The zero-order valence-corrected chi connectivity index (χ0v) is 15.9. The summed E-state index contributed by atoms with van der Waals surface area (Å²) in [4.78, 5) is 40.9. The number of hydrogen-bond acceptors (Lipinski definition) is 6. The summed E-state index contributed by atoms with van der Waals surface area (Å²) >= 11 is 0. The van der Waals surface area contributed by atoms with Gasteiger partial charge in [-0.05, 0) is 18.9 Å². The zero-order chi connectivity index (χ0) is 21.5. The molecule has 0 saturated carbocycles. The highest BCUT2D eigenvalue weighted by Crippen LogP contribution is 2.44. The van der Waals surface area contributed by atoms with E-state index in [-0.39, 0.29) is 5.57 Å². The lowest BCUT2D eigenvalue weighted by Gasteiger charge is -2.30. The number of carbonyl (C=O) groups is 3. The number of Topliss-reactive ketones (excluding diaryl/α,β-unsaturated/α-hetero) is 1. The average molecular weight is 409 g/mol. The van der Waals surface area contributed by atoms with Crippen molar-refractivity contribution in [3.8, 4) is 0 Å². The van der Waals surface area contributed by atoms with E-state index in [1.165, 1.54) is 19.2 Å². The van der Waals surface area contributed by atoms with Crippen LogP contribution in [0.3, 0.4) is 0 Å². The second kappa shape index (κ2) is 7.46. The number of aliphatic imine (C=N–C) groups is 1. The normalized spacial score (nSPS) is 24.0. The maximum Gasteiger partial charge on any atom is 0.454 e. The van der Waals surface area contributed by atoms with E-state index in [1.807, 2.05) is 0 Å². The number of methoxy groups -OCH3 is 1. The highest BCUT2D eigenvalue weighted by Gasteiger charge is 2.48. The van der Waals surface area contributed by atoms with Gasteiger partial charge in [-0.25, -0.2) is 4.79 Å². The Balaban J connectivity index is 2.12. The molecule has 0 N–H and O–H groups in total. The van der Waals surface area contributed by atoms with Crippen LogP contribution in [-0.4, -0.2) is 42.8 Å². The molecule has 0 aromatic heterocycles. The molecule has 0 fully saturated rings. The van der Waals surface area contributed by atoms with E-state index in [0.717, 1.165) is 12.1 Å². The van der Waals surface area contributed by atoms with E-state index in [9.17, 15) is 27.6 Å². The van der Waals surface area contributed by atoms with Crippen molar-refractivity contribution in [1.29, 1.82) is 0 Å². The lowest BCUT2D eigenvalue weighted by molar-refractivity contribution is -0.143. The van der Waals surface area contributed by atoms with Crippen LogP contribution in [0.5, 0.6) is 0 Å². The smallest absolute Gasteiger partial charge is 0.454 e. The number of hydrogen-bond donors (Lipinski definition) is 0. The molecule has 3 unspecified atom stereocenters. The van der Waals surface area contributed by atoms with Gasteiger partial charge in [-0.15, -0.1) is 0 Å². The first-order valence-electron chi connectivity index (χ1n) is 8.91. The first-order chi connectivity index (χ1) is 13.6. The molecule has 6 nitrogen and oxygen atoms in total. The number of rotatable bonds is 4. The van der Waals surface area contributed by atoms with Gasteiger partial charge in [0.15, 0.2) is 0 Å². The molecule has 0 saturated heterocycles. The van der Waals surface area contributed by atoms with Gasteiger partial charge >= 0.3 is 18.1 Å². The first-order valence-corrected chi connectivity index (χ1v) is 8.91. The fourth-order valence-corrected chi connectivity index (χ4v) is 3.69. The number of cyclic esters (lactones) is 1. The maximum absolute atomic E-state index is 12.7. The van der Waals surface area contributed by atoms with Gasteiger partial charge in [-0.2, -0.15) is 13.2 Å². The standard InChI is InChI=1S/C20H18F3NO5/c1-4-12-14(18(26)28-3)13(15-16(24-12)9(2)29-19(15)27)10-5-7-11(8-6-10)17(25)20(21,22)23/h5-9,13-14H,4H2,1-3H3. The number of carbonyl (C=O) groups excluding carboxylic acids is 3. The van der Waals surface area contributed by atoms with Crippen molar-refractivity contribution in [2.24, 2.45) is 10.9 Å². The van der Waals surface area contributed by atoms with Crippen molar-refractivity contribution in [3.63, 3.8) is 0 Å². The maximum atomic E-state index is 12.7. The van der Waals surface area contributed by atoms with Crippen molar-refractivity contribution < 1.29 is 37.0 Å². The predicted molar refractivity (Wildman–Crippen MR) is 95.4 cm³/mol. The summed E-state index contributed by atoms with van der Waals surface area (Å²) in [5.41, 5.74) is 0.916. The molecule has 29 heavy (non-hydrogen) atoms. The summed E-state index contributed by atoms with van der Waals surface area (Å²) in [5.74, 6) is -4.99. The third-order valence-corrected chi connectivity index (χ3v) is 5.04. The Kier molecular flexibility index (Phi) is 5.34. The minimum atomic E-state index is -5.00. The highest BCUT2D eigenvalue weighted by molar-refractivity contribution is 6.09. The molecule has 0 amide bonds. The molecular weight excluding hydrogens is 391 g/mol. The van der Waals surface area contributed by atoms with Gasteiger partial charge < -0.3 is 9.47 Å². The number of ether oxygens (including phenoxy) is 2. The highest BCUT2D eigenvalue weighted by atomic mass is 19.4. The van der Waals surface area contributed by atoms with E-state index < -0.39 is 47.4 Å². The fourth-order valence-electron chi connectivity index (χ4n) is 3.69. The topological polar surface area (TPSA) is 82.0 Å². The lowest BCUT2D eigenvalue weighted by atomic mass is 9.74. The van der Waals surface area contributed by atoms with Gasteiger partial charge in [0, 0.05) is 17.2 Å². The van der Waals surface area contributed by atoms with E-state index in [2.05, 4.69) is 4.99 Å². The first kappa shape index (κ1) is 20.8. The molecule has 0 bridgehead atoms. The Morgan fingerprint density at radius 1 is 1.21 bits per heavy atom. The van der Waals surface area contributed by atoms with Crippen molar-refractivity contribution in [1.82, 2.24) is 0 Å². The van der Waals surface area contributed by atoms with Crippen molar-refractivity contribution >= 4 is 23.4 Å². The minimum absolute atomic E-state index is 0.181. The summed E-state index contributed by atoms with van der Waals surface area (Å²) in [6.07, 6.45) is -5.20. The number of ketones is 1. The summed E-state index contributed by atoms with van der Waals surface area (Å²) in [5, 5.41) is 0. The molecule has 1 aromatic rings. The third kappa shape index (κ3) is 3.56. The monoisotopic (exact) mass is 409 g/mol. The number of nitrogens with zero attached hydrogens (tertiary/aromatic N) is 1. The summed E-state index contributed by atoms with van der Waals surface area (Å²) in [6, 6.07) is 4.67. The molecule has 2 aliphatic rings. The van der Waals surface area contributed by atoms with Gasteiger partial charge in [-0.1, -0.05) is 31.2 Å². The summed E-state index contributed by atoms with van der Waals surface area (Å²) in [7, 11) is 1.21. The Labute approximate surface area is 164 Å². The second-order valence-electron chi connectivity index (χ2n) is 6.73. The van der Waals surface area contributed by atoms with Crippen LogP contribution in [0.2, 0.25) is 0 Å². The molecule has 9 heteroatoms. The van der Waals surface area contributed by atoms with E-state index in [1.54, 1.807) is 13.8 Å². The van der Waals surface area contributed by atoms with Crippen LogP contribution < -0.4 is 0 Å². The molecule has 0 radical (unpaired) electrons. The SMILES string of the molecule is CCC1=NC2=C(C(=O)OC2C)C(c2ccc(C(=O)C(F)(F)F)cc2)C1C(=O)OC. The van der Waals surface area contributed by atoms with E-state index >= 15 is 0 Å². The van der Waals surface area contributed by atoms with E-state index in [4.69, 9.17) is 9.47 Å². The van der Waals surface area contributed by atoms with Gasteiger partial charge in [0.25, 0.3) is 5.78 Å². The van der Waals surface area contributed by atoms with Crippen molar-refractivity contribution in [2.75, 3.05) is 7.11 Å². The van der Waals surface area contributed by atoms with Crippen LogP contribution in [0.25, 0.3) is 0 Å². The molecule has 2 heterocycles. The average Bonchev–Trinajstić information content (AvgIpc) is 2.98. The van der Waals surface area contributed by atoms with Gasteiger partial charge in [-0.3, -0.25) is 14.6 Å². The summed E-state index contributed by atoms with van der Waals surface area (Å²) < 4.78 is 48.2. The Bertz CT molecular complexity index is 930. The molecule has 3 rings (SSSR count). The minimum Gasteiger partial charge on any atom is -0.468 e. The van der Waals surface area contributed by atoms with Crippen LogP contribution >= 0.6 is 0 Å². The molecule has 1 aromatic carbocycles. The largest absolute Gasteiger partial charge is 0.468 e. The van der Waals surface area contributed by atoms with Crippen molar-refractivity contribution in [3.05, 3.63) is 46.7 Å². The molecular formula is C20H18F3NO5. The molecule has 0 aliphatic carbocycles. The van der Waals surface area contributed by atoms with E-state index in [0.29, 0.717) is 23.4 Å². The Morgan fingerprint density at radius 2 is 1.83 bits per heavy atom. The van der Waals surface area contributed by atoms with Crippen molar-refractivity contribution in [2.45, 2.75) is 38.5 Å². The lowest BCUT2D eigenvalue weighted by Crippen LogP contribution is -2.36. The van der Waals surface area contributed by atoms with Gasteiger partial charge in [0.2, 0.25) is 0 Å². The fraction of sp³-hybridized carbons (Fsp3) is 0.400. The molecule has 0 spiro atoms. The molecule has 154 valence electrons. The number of alkyl halides is 3. The third-order valence-electron chi connectivity index (χ3n) is 5.04. The van der Waals surface area contributed by atoms with Crippen LogP contribution in [0.15, 0.2) is 40.5 Å². The van der Waals surface area contributed by atoms with Crippen LogP contribution in [0.4, 0.5) is 13.2 Å². The number of esters is 2. The van der Waals surface area contributed by atoms with Crippen LogP contribution in [-0.2, 0) is 19.1 Å². The Hall–Kier alpha value is -2.97. The van der Waals surface area contributed by atoms with Gasteiger partial charge in [0.05, 0.1) is 18.4 Å². The van der Waals surface area contributed by atoms with Gasteiger partial charge in [0.1, 0.15) is 12.0 Å². The molecule has 3 atom stereocenters. The van der Waals surface area contributed by atoms with Crippen LogP contribution in [0, 0.1) is 5.92 Å². The quantitative estimate of drug-likeness (QED) is 0.563. The van der Waals surface area contributed by atoms with Crippen LogP contribution in [0.1, 0.15) is 42.1 Å². The predicted octanol–water partition coefficient (Wildman–Crippen LogP) is 3.37. The summed E-state index contributed by atoms with van der Waals surface area (Å²) in [6.45, 7) is 3.45. The Morgan fingerprint density at radius 3 is 2.34 bits per heavy atom.